The van der Waals surface area contributed by atoms with Crippen LogP contribution in [0.4, 0.5) is 0 Å². The van der Waals surface area contributed by atoms with Gasteiger partial charge in [0.1, 0.15) is 18.1 Å². The fourth-order valence-corrected chi connectivity index (χ4v) is 2.15. The molecule has 1 N–H and O–H groups in total. The van der Waals surface area contributed by atoms with Gasteiger partial charge in [-0.2, -0.15) is 0 Å². The second-order valence-electron chi connectivity index (χ2n) is 4.43. The van der Waals surface area contributed by atoms with Gasteiger partial charge in [0.2, 0.25) is 0 Å². The summed E-state index contributed by atoms with van der Waals surface area (Å²) in [6.45, 7) is 1.98. The molecule has 0 unspecified atom stereocenters. The van der Waals surface area contributed by atoms with Crippen molar-refractivity contribution in [2.75, 3.05) is 6.61 Å². The molecular formula is C11H15N5O4. The lowest BCUT2D eigenvalue weighted by atomic mass is 10.2. The molecule has 1 aromatic heterocycles. The summed E-state index contributed by atoms with van der Waals surface area (Å²) >= 11 is 0. The summed E-state index contributed by atoms with van der Waals surface area (Å²) in [7, 11) is 0. The monoisotopic (exact) mass is 281 g/mol. The fourth-order valence-electron chi connectivity index (χ4n) is 2.15. The van der Waals surface area contributed by atoms with Gasteiger partial charge in [0.05, 0.1) is 6.10 Å². The Morgan fingerprint density at radius 1 is 1.60 bits per heavy atom. The lowest BCUT2D eigenvalue weighted by molar-refractivity contribution is -0.0431. The van der Waals surface area contributed by atoms with E-state index in [0.717, 1.165) is 0 Å². The Labute approximate surface area is 113 Å². The number of ether oxygens (including phenoxy) is 1. The smallest absolute Gasteiger partial charge is 0.330 e. The van der Waals surface area contributed by atoms with Gasteiger partial charge in [-0.25, -0.2) is 4.79 Å². The van der Waals surface area contributed by atoms with Gasteiger partial charge in [-0.05, 0) is 24.8 Å². The number of rotatable bonds is 5. The highest BCUT2D eigenvalue weighted by Gasteiger charge is 2.28. The molecule has 0 aromatic carbocycles. The molecule has 108 valence electrons. The first-order chi connectivity index (χ1) is 9.65. The summed E-state index contributed by atoms with van der Waals surface area (Å²) in [5.41, 5.74) is 7.78. The molecular weight excluding hydrogens is 266 g/mol. The van der Waals surface area contributed by atoms with Crippen molar-refractivity contribution in [3.63, 3.8) is 0 Å². The van der Waals surface area contributed by atoms with Crippen LogP contribution in [0, 0.1) is 0 Å². The predicted octanol–water partition coefficient (Wildman–Crippen LogP) is 1.02. The summed E-state index contributed by atoms with van der Waals surface area (Å²) in [6, 6.07) is 0. The summed E-state index contributed by atoms with van der Waals surface area (Å²) in [6.07, 6.45) is 2.69. The number of H-pyrrole nitrogens is 1. The average Bonchev–Trinajstić information content (AvgIpc) is 2.88. The van der Waals surface area contributed by atoms with Gasteiger partial charge in [0.25, 0.3) is 5.56 Å². The van der Waals surface area contributed by atoms with Crippen LogP contribution in [-0.4, -0.2) is 22.3 Å². The average molecular weight is 281 g/mol. The second-order valence-corrected chi connectivity index (χ2v) is 4.43. The zero-order chi connectivity index (χ0) is 14.5. The van der Waals surface area contributed by atoms with Crippen LogP contribution in [0.5, 0.6) is 0 Å². The van der Waals surface area contributed by atoms with Crippen molar-refractivity contribution < 1.29 is 9.57 Å². The molecule has 20 heavy (non-hydrogen) atoms. The molecule has 1 aliphatic heterocycles. The minimum atomic E-state index is -0.492. The molecule has 0 aliphatic carbocycles. The zero-order valence-electron chi connectivity index (χ0n) is 11.0. The molecule has 2 heterocycles. The molecule has 1 aromatic rings. The molecule has 0 saturated carbocycles. The van der Waals surface area contributed by atoms with Gasteiger partial charge >= 0.3 is 5.69 Å². The molecule has 2 rings (SSSR count). The number of azide groups is 1. The number of aryl methyl sites for hydroxylation is 1. The molecule has 0 bridgehead atoms. The van der Waals surface area contributed by atoms with E-state index in [2.05, 4.69) is 20.0 Å². The number of nitrogens with one attached hydrogen (secondary N) is 1. The maximum absolute atomic E-state index is 11.8. The standard InChI is InChI=1S/C11H15N5O4/c1-2-7-5-16(11(18)13-10(7)17)9-4-3-8(20-9)6-19-15-14-12/h5,8-9H,2-4,6H2,1H3,(H,13,17,18)/t8-,9+/m0/s1. The Hall–Kier alpha value is -2.25. The van der Waals surface area contributed by atoms with E-state index in [-0.39, 0.29) is 18.3 Å². The number of hydrogen-bond donors (Lipinski definition) is 1. The van der Waals surface area contributed by atoms with Crippen LogP contribution in [0.15, 0.2) is 21.1 Å². The molecule has 2 atom stereocenters. The number of aromatic amines is 1. The normalized spacial score (nSPS) is 21.4. The molecule has 9 nitrogen and oxygen atoms in total. The van der Waals surface area contributed by atoms with E-state index >= 15 is 0 Å². The lowest BCUT2D eigenvalue weighted by Crippen LogP contribution is -2.34. The van der Waals surface area contributed by atoms with E-state index in [1.165, 1.54) is 10.8 Å². The number of hydrogen-bond acceptors (Lipinski definition) is 5. The van der Waals surface area contributed by atoms with Crippen LogP contribution in [0.1, 0.15) is 31.6 Å². The summed E-state index contributed by atoms with van der Waals surface area (Å²) in [4.78, 5) is 32.7. The minimum absolute atomic E-state index is 0.138. The molecule has 1 aliphatic rings. The third-order valence-corrected chi connectivity index (χ3v) is 3.17. The van der Waals surface area contributed by atoms with Crippen molar-refractivity contribution >= 4 is 0 Å². The Kier molecular flexibility index (Phi) is 4.44. The van der Waals surface area contributed by atoms with Crippen molar-refractivity contribution in [1.29, 1.82) is 0 Å². The van der Waals surface area contributed by atoms with Crippen LogP contribution in [0.2, 0.25) is 0 Å². The van der Waals surface area contributed by atoms with Gasteiger partial charge < -0.3 is 9.57 Å². The molecule has 0 amide bonds. The van der Waals surface area contributed by atoms with Crippen molar-refractivity contribution in [2.45, 2.75) is 38.5 Å². The van der Waals surface area contributed by atoms with E-state index in [4.69, 9.17) is 10.3 Å². The lowest BCUT2D eigenvalue weighted by Gasteiger charge is -2.15. The Bertz CT molecular complexity index is 630. The molecule has 0 spiro atoms. The summed E-state index contributed by atoms with van der Waals surface area (Å²) in [5, 5.41) is 2.97. The number of aromatic nitrogens is 2. The maximum atomic E-state index is 11.8. The summed E-state index contributed by atoms with van der Waals surface area (Å²) < 4.78 is 7.03. The van der Waals surface area contributed by atoms with Crippen molar-refractivity contribution in [2.24, 2.45) is 5.28 Å². The van der Waals surface area contributed by atoms with Gasteiger partial charge in [-0.15, -0.1) is 0 Å². The molecule has 9 heteroatoms. The van der Waals surface area contributed by atoms with E-state index in [1.54, 1.807) is 0 Å². The quantitative estimate of drug-likeness (QED) is 0.374. The topological polar surface area (TPSA) is 122 Å². The first-order valence-electron chi connectivity index (χ1n) is 6.31. The van der Waals surface area contributed by atoms with Crippen LogP contribution < -0.4 is 11.2 Å². The third kappa shape index (κ3) is 3.01. The number of nitrogens with zero attached hydrogens (tertiary/aromatic N) is 4. The summed E-state index contributed by atoms with van der Waals surface area (Å²) in [5.74, 6) is 0. The maximum Gasteiger partial charge on any atom is 0.330 e. The highest BCUT2D eigenvalue weighted by Crippen LogP contribution is 2.27. The zero-order valence-corrected chi connectivity index (χ0v) is 11.0. The Morgan fingerprint density at radius 3 is 3.10 bits per heavy atom. The molecule has 0 radical (unpaired) electrons. The van der Waals surface area contributed by atoms with Crippen LogP contribution in [-0.2, 0) is 16.0 Å². The largest absolute Gasteiger partial charge is 0.431 e. The van der Waals surface area contributed by atoms with Gasteiger partial charge in [0.15, 0.2) is 0 Å². The van der Waals surface area contributed by atoms with E-state index in [9.17, 15) is 9.59 Å². The first kappa shape index (κ1) is 14.2. The van der Waals surface area contributed by atoms with Gasteiger partial charge in [-0.3, -0.25) is 14.3 Å². The van der Waals surface area contributed by atoms with E-state index < -0.39 is 11.9 Å². The van der Waals surface area contributed by atoms with Crippen LogP contribution in [0.25, 0.3) is 10.4 Å². The van der Waals surface area contributed by atoms with Crippen molar-refractivity contribution in [3.05, 3.63) is 43.0 Å². The Balaban J connectivity index is 2.12. The van der Waals surface area contributed by atoms with Gasteiger partial charge in [-0.1, -0.05) is 6.92 Å². The minimum Gasteiger partial charge on any atom is -0.431 e. The highest BCUT2D eigenvalue weighted by atomic mass is 16.7. The van der Waals surface area contributed by atoms with Crippen LogP contribution in [0.3, 0.4) is 0 Å². The predicted molar refractivity (Wildman–Crippen MR) is 68.9 cm³/mol. The Morgan fingerprint density at radius 2 is 2.40 bits per heavy atom. The highest BCUT2D eigenvalue weighted by molar-refractivity contribution is 5.04. The van der Waals surface area contributed by atoms with Gasteiger partial charge in [0, 0.05) is 16.7 Å². The third-order valence-electron chi connectivity index (χ3n) is 3.17. The van der Waals surface area contributed by atoms with Crippen molar-refractivity contribution in [3.8, 4) is 0 Å². The molecule has 1 saturated heterocycles. The van der Waals surface area contributed by atoms with E-state index in [0.29, 0.717) is 24.8 Å². The molecule has 1 fully saturated rings. The first-order valence-corrected chi connectivity index (χ1v) is 6.31. The van der Waals surface area contributed by atoms with Crippen LogP contribution >= 0.6 is 0 Å². The second kappa shape index (κ2) is 6.27. The fraction of sp³-hybridized carbons (Fsp3) is 0.636. The SMILES string of the molecule is CCc1cn([C@H]2CC[C@@H](CON=[N+]=[N-])O2)c(=O)[nH]c1=O. The van der Waals surface area contributed by atoms with Crippen molar-refractivity contribution in [1.82, 2.24) is 9.55 Å². The van der Waals surface area contributed by atoms with E-state index in [1.807, 2.05) is 6.92 Å².